The fourth-order valence-electron chi connectivity index (χ4n) is 3.69. The molecule has 0 radical (unpaired) electrons. The van der Waals surface area contributed by atoms with Crippen LogP contribution in [0.5, 0.6) is 0 Å². The third kappa shape index (κ3) is 4.51. The van der Waals surface area contributed by atoms with Crippen molar-refractivity contribution in [1.82, 2.24) is 4.98 Å². The van der Waals surface area contributed by atoms with E-state index in [2.05, 4.69) is 48.3 Å². The van der Waals surface area contributed by atoms with E-state index < -0.39 is 0 Å². The van der Waals surface area contributed by atoms with Gasteiger partial charge in [0.05, 0.1) is 0 Å². The predicted octanol–water partition coefficient (Wildman–Crippen LogP) is 7.49. The number of unbranched alkanes of at least 4 members (excludes halogenated alkanes) is 3. The van der Waals surface area contributed by atoms with Gasteiger partial charge in [-0.05, 0) is 66.8 Å². The molecule has 3 aromatic carbocycles. The maximum absolute atomic E-state index is 11.6. The number of ketones is 1. The van der Waals surface area contributed by atoms with Crippen LogP contribution in [0, 0.1) is 0 Å². The molecule has 1 heterocycles. The Bertz CT molecular complexity index is 1140. The summed E-state index contributed by atoms with van der Waals surface area (Å²) in [6.07, 6.45) is 6.33. The highest BCUT2D eigenvalue weighted by Gasteiger charge is 2.10. The number of hydrogen-bond acceptors (Lipinski definition) is 3. The first-order valence-electron chi connectivity index (χ1n) is 10.8. The number of fused-ring (bicyclic) bond motifs is 1. The number of Topliss-reactive ketones (excluding diaryl/α,β-unsaturated/α-hetero) is 1. The number of carbonyl (C=O) groups is 1. The molecule has 4 rings (SSSR count). The van der Waals surface area contributed by atoms with Crippen LogP contribution >= 0.6 is 0 Å². The lowest BCUT2D eigenvalue weighted by molar-refractivity contribution is 0.101. The Labute approximate surface area is 177 Å². The molecule has 4 aromatic rings. The molecule has 0 fully saturated rings. The van der Waals surface area contributed by atoms with E-state index in [1.165, 1.54) is 42.4 Å². The summed E-state index contributed by atoms with van der Waals surface area (Å²) in [5.74, 6) is 0.595. The van der Waals surface area contributed by atoms with Crippen molar-refractivity contribution >= 4 is 16.9 Å². The smallest absolute Gasteiger partial charge is 0.227 e. The molecule has 0 saturated carbocycles. The largest absolute Gasteiger partial charge is 0.436 e. The summed E-state index contributed by atoms with van der Waals surface area (Å²) in [5, 5.41) is 0. The number of aryl methyl sites for hydroxylation is 1. The van der Waals surface area contributed by atoms with E-state index in [0.717, 1.165) is 12.0 Å². The highest BCUT2D eigenvalue weighted by molar-refractivity contribution is 5.97. The number of hydrogen-bond donors (Lipinski definition) is 0. The van der Waals surface area contributed by atoms with Gasteiger partial charge in [0, 0.05) is 11.1 Å². The quantitative estimate of drug-likeness (QED) is 0.228. The van der Waals surface area contributed by atoms with E-state index in [4.69, 9.17) is 4.42 Å². The minimum atomic E-state index is 0.0257. The van der Waals surface area contributed by atoms with Gasteiger partial charge in [-0.15, -0.1) is 0 Å². The highest BCUT2D eigenvalue weighted by Crippen LogP contribution is 2.28. The zero-order valence-electron chi connectivity index (χ0n) is 17.7. The third-order valence-corrected chi connectivity index (χ3v) is 5.53. The minimum absolute atomic E-state index is 0.0257. The molecule has 0 unspecified atom stereocenters. The molecule has 152 valence electrons. The molecule has 0 N–H and O–H groups in total. The number of oxazole rings is 1. The molecular weight excluding hydrogens is 370 g/mol. The molecule has 30 heavy (non-hydrogen) atoms. The van der Waals surface area contributed by atoms with Crippen molar-refractivity contribution in [3.05, 3.63) is 77.9 Å². The summed E-state index contributed by atoms with van der Waals surface area (Å²) in [4.78, 5) is 16.1. The van der Waals surface area contributed by atoms with Crippen LogP contribution in [0.2, 0.25) is 0 Å². The maximum Gasteiger partial charge on any atom is 0.227 e. The summed E-state index contributed by atoms with van der Waals surface area (Å²) in [6, 6.07) is 22.5. The topological polar surface area (TPSA) is 43.1 Å². The van der Waals surface area contributed by atoms with E-state index >= 15 is 0 Å². The van der Waals surface area contributed by atoms with Crippen molar-refractivity contribution in [3.63, 3.8) is 0 Å². The van der Waals surface area contributed by atoms with E-state index in [1.807, 2.05) is 12.1 Å². The second kappa shape index (κ2) is 9.08. The Morgan fingerprint density at radius 2 is 1.50 bits per heavy atom. The molecular formula is C27H27NO2. The van der Waals surface area contributed by atoms with Crippen molar-refractivity contribution in [1.29, 1.82) is 0 Å². The van der Waals surface area contributed by atoms with Gasteiger partial charge in [0.1, 0.15) is 5.52 Å². The lowest BCUT2D eigenvalue weighted by Gasteiger charge is -2.05. The Morgan fingerprint density at radius 3 is 2.17 bits per heavy atom. The maximum atomic E-state index is 11.6. The van der Waals surface area contributed by atoms with Gasteiger partial charge in [-0.25, -0.2) is 4.98 Å². The molecule has 0 spiro atoms. The summed E-state index contributed by atoms with van der Waals surface area (Å²) in [7, 11) is 0. The molecule has 0 atom stereocenters. The molecule has 0 saturated heterocycles. The van der Waals surface area contributed by atoms with Gasteiger partial charge in [-0.2, -0.15) is 0 Å². The van der Waals surface area contributed by atoms with Gasteiger partial charge < -0.3 is 4.42 Å². The second-order valence-electron chi connectivity index (χ2n) is 7.84. The van der Waals surface area contributed by atoms with Crippen LogP contribution in [0.3, 0.4) is 0 Å². The van der Waals surface area contributed by atoms with Gasteiger partial charge in [-0.3, -0.25) is 4.79 Å². The molecule has 3 heteroatoms. The summed E-state index contributed by atoms with van der Waals surface area (Å²) >= 11 is 0. The number of aromatic nitrogens is 1. The van der Waals surface area contributed by atoms with Crippen molar-refractivity contribution in [2.24, 2.45) is 0 Å². The van der Waals surface area contributed by atoms with Crippen LogP contribution in [-0.2, 0) is 6.42 Å². The van der Waals surface area contributed by atoms with E-state index in [-0.39, 0.29) is 5.78 Å². The molecule has 0 bridgehead atoms. The number of carbonyl (C=O) groups excluding carboxylic acids is 1. The number of nitrogens with zero attached hydrogens (tertiary/aromatic N) is 1. The van der Waals surface area contributed by atoms with Crippen LogP contribution in [0.25, 0.3) is 33.7 Å². The lowest BCUT2D eigenvalue weighted by atomic mass is 10.0. The first kappa shape index (κ1) is 20.1. The van der Waals surface area contributed by atoms with Gasteiger partial charge in [-0.1, -0.05) is 62.6 Å². The molecule has 3 nitrogen and oxygen atoms in total. The summed E-state index contributed by atoms with van der Waals surface area (Å²) in [5.41, 5.74) is 6.75. The summed E-state index contributed by atoms with van der Waals surface area (Å²) < 4.78 is 5.88. The minimum Gasteiger partial charge on any atom is -0.436 e. The molecule has 0 aliphatic heterocycles. The van der Waals surface area contributed by atoms with Crippen molar-refractivity contribution in [3.8, 4) is 22.6 Å². The first-order valence-corrected chi connectivity index (χ1v) is 10.8. The standard InChI is InChI=1S/C27H27NO2/c1-3-4-5-6-7-20-8-10-21(11-9-20)22-12-14-23(15-13-22)27-28-25-18-24(19(2)29)16-17-26(25)30-27/h8-18H,3-7H2,1-2H3. The van der Waals surface area contributed by atoms with E-state index in [1.54, 1.807) is 25.1 Å². The van der Waals surface area contributed by atoms with Crippen LogP contribution in [0.15, 0.2) is 71.1 Å². The first-order chi connectivity index (χ1) is 14.6. The van der Waals surface area contributed by atoms with Gasteiger partial charge >= 0.3 is 0 Å². The van der Waals surface area contributed by atoms with E-state index in [9.17, 15) is 4.79 Å². The normalized spacial score (nSPS) is 11.1. The van der Waals surface area contributed by atoms with Crippen molar-refractivity contribution in [2.75, 3.05) is 0 Å². The fourth-order valence-corrected chi connectivity index (χ4v) is 3.69. The third-order valence-electron chi connectivity index (χ3n) is 5.53. The van der Waals surface area contributed by atoms with Gasteiger partial charge in [0.15, 0.2) is 11.4 Å². The van der Waals surface area contributed by atoms with Crippen LogP contribution in [0.1, 0.15) is 55.5 Å². The number of benzene rings is 3. The van der Waals surface area contributed by atoms with Crippen molar-refractivity contribution < 1.29 is 9.21 Å². The van der Waals surface area contributed by atoms with Gasteiger partial charge in [0.2, 0.25) is 5.89 Å². The lowest BCUT2D eigenvalue weighted by Crippen LogP contribution is -1.90. The van der Waals surface area contributed by atoms with Crippen LogP contribution in [0.4, 0.5) is 0 Å². The van der Waals surface area contributed by atoms with E-state index in [0.29, 0.717) is 22.6 Å². The fraction of sp³-hybridized carbons (Fsp3) is 0.259. The van der Waals surface area contributed by atoms with Crippen molar-refractivity contribution in [2.45, 2.75) is 46.0 Å². The summed E-state index contributed by atoms with van der Waals surface area (Å²) in [6.45, 7) is 3.80. The Morgan fingerprint density at radius 1 is 0.833 bits per heavy atom. The van der Waals surface area contributed by atoms with Crippen LogP contribution in [-0.4, -0.2) is 10.8 Å². The molecule has 1 aromatic heterocycles. The zero-order chi connectivity index (χ0) is 20.9. The zero-order valence-corrected chi connectivity index (χ0v) is 17.7. The highest BCUT2D eigenvalue weighted by atomic mass is 16.3. The predicted molar refractivity (Wildman–Crippen MR) is 123 cm³/mol. The Balaban J connectivity index is 1.49. The molecule has 0 aliphatic rings. The average molecular weight is 398 g/mol. The second-order valence-corrected chi connectivity index (χ2v) is 7.84. The van der Waals surface area contributed by atoms with Gasteiger partial charge in [0.25, 0.3) is 0 Å². The SMILES string of the molecule is CCCCCCc1ccc(-c2ccc(-c3nc4cc(C(C)=O)ccc4o3)cc2)cc1. The van der Waals surface area contributed by atoms with Crippen LogP contribution < -0.4 is 0 Å². The molecule has 0 aliphatic carbocycles. The monoisotopic (exact) mass is 397 g/mol. The average Bonchev–Trinajstić information content (AvgIpc) is 3.21. The molecule has 0 amide bonds. The number of rotatable bonds is 8. The Kier molecular flexibility index (Phi) is 6.08. The Hall–Kier alpha value is -3.20.